The summed E-state index contributed by atoms with van der Waals surface area (Å²) in [5, 5.41) is 9.58. The van der Waals surface area contributed by atoms with Crippen LogP contribution in [-0.4, -0.2) is 51.5 Å². The van der Waals surface area contributed by atoms with E-state index < -0.39 is 0 Å². The highest BCUT2D eigenvalue weighted by Crippen LogP contribution is 2.32. The quantitative estimate of drug-likeness (QED) is 0.467. The summed E-state index contributed by atoms with van der Waals surface area (Å²) < 4.78 is 8.23. The number of amides is 1. The van der Waals surface area contributed by atoms with E-state index in [0.717, 1.165) is 53.2 Å². The molecule has 1 aromatic heterocycles. The second-order valence-corrected chi connectivity index (χ2v) is 8.85. The molecule has 1 fully saturated rings. The second-order valence-electron chi connectivity index (χ2n) is 7.05. The number of likely N-dealkylation sites (tertiary alicyclic amines) is 1. The molecule has 30 heavy (non-hydrogen) atoms. The molecule has 0 spiro atoms. The number of piperidine rings is 1. The van der Waals surface area contributed by atoms with Crippen LogP contribution in [0.2, 0.25) is 0 Å². The number of thioether (sulfide) groups is 1. The molecule has 4 rings (SSSR count). The minimum atomic E-state index is 0.159. The Bertz CT molecular complexity index is 1020. The summed E-state index contributed by atoms with van der Waals surface area (Å²) in [5.41, 5.74) is 1.86. The van der Waals surface area contributed by atoms with Crippen LogP contribution in [0, 0.1) is 0 Å². The molecule has 0 atom stereocenters. The maximum absolute atomic E-state index is 12.7. The number of aromatic nitrogens is 3. The average Bonchev–Trinajstić information content (AvgIpc) is 3.22. The van der Waals surface area contributed by atoms with Gasteiger partial charge in [0.25, 0.3) is 0 Å². The van der Waals surface area contributed by atoms with Gasteiger partial charge >= 0.3 is 0 Å². The van der Waals surface area contributed by atoms with Crippen LogP contribution in [0.3, 0.4) is 0 Å². The van der Waals surface area contributed by atoms with Gasteiger partial charge in [-0.1, -0.05) is 45.9 Å². The van der Waals surface area contributed by atoms with Gasteiger partial charge in [0.1, 0.15) is 5.75 Å². The average molecular weight is 487 g/mol. The number of hydrogen-bond donors (Lipinski definition) is 0. The number of hydrogen-bond acceptors (Lipinski definition) is 5. The number of rotatable bonds is 6. The Hall–Kier alpha value is -2.32. The molecule has 2 heterocycles. The van der Waals surface area contributed by atoms with Crippen LogP contribution >= 0.6 is 27.7 Å². The van der Waals surface area contributed by atoms with Gasteiger partial charge in [0.15, 0.2) is 11.0 Å². The molecule has 0 N–H and O–H groups in total. The third-order valence-electron chi connectivity index (χ3n) is 5.11. The van der Waals surface area contributed by atoms with E-state index in [0.29, 0.717) is 10.9 Å². The summed E-state index contributed by atoms with van der Waals surface area (Å²) in [5.74, 6) is 2.01. The highest BCUT2D eigenvalue weighted by atomic mass is 79.9. The van der Waals surface area contributed by atoms with Gasteiger partial charge in [-0.3, -0.25) is 9.36 Å². The first-order valence-electron chi connectivity index (χ1n) is 9.92. The Balaban J connectivity index is 1.66. The molecule has 2 aromatic carbocycles. The zero-order valence-corrected chi connectivity index (χ0v) is 19.2. The molecular weight excluding hydrogens is 464 g/mol. The van der Waals surface area contributed by atoms with Gasteiger partial charge in [-0.05, 0) is 49.6 Å². The van der Waals surface area contributed by atoms with Gasteiger partial charge in [0, 0.05) is 28.8 Å². The molecule has 0 bridgehead atoms. The van der Waals surface area contributed by atoms with Crippen LogP contribution in [0.4, 0.5) is 0 Å². The van der Waals surface area contributed by atoms with Crippen molar-refractivity contribution in [3.63, 3.8) is 0 Å². The number of ether oxygens (including phenoxy) is 1. The predicted octanol–water partition coefficient (Wildman–Crippen LogP) is 4.81. The zero-order valence-electron chi connectivity index (χ0n) is 16.8. The van der Waals surface area contributed by atoms with E-state index in [9.17, 15) is 4.79 Å². The van der Waals surface area contributed by atoms with Crippen molar-refractivity contribution in [3.05, 3.63) is 53.0 Å². The van der Waals surface area contributed by atoms with Gasteiger partial charge in [-0.15, -0.1) is 10.2 Å². The smallest absolute Gasteiger partial charge is 0.233 e. The maximum atomic E-state index is 12.7. The molecule has 0 aliphatic carbocycles. The number of carbonyl (C=O) groups is 1. The van der Waals surface area contributed by atoms with E-state index in [1.165, 1.54) is 18.2 Å². The monoisotopic (exact) mass is 486 g/mol. The van der Waals surface area contributed by atoms with Crippen molar-refractivity contribution in [1.29, 1.82) is 0 Å². The van der Waals surface area contributed by atoms with Crippen LogP contribution in [0.15, 0.2) is 58.2 Å². The number of methoxy groups -OCH3 is 1. The zero-order chi connectivity index (χ0) is 20.9. The van der Waals surface area contributed by atoms with Crippen molar-refractivity contribution >= 4 is 33.6 Å². The number of benzene rings is 2. The van der Waals surface area contributed by atoms with Crippen molar-refractivity contribution in [2.75, 3.05) is 26.0 Å². The molecule has 6 nitrogen and oxygen atoms in total. The minimum absolute atomic E-state index is 0.159. The van der Waals surface area contributed by atoms with Crippen molar-refractivity contribution in [3.8, 4) is 22.8 Å². The summed E-state index contributed by atoms with van der Waals surface area (Å²) in [6, 6.07) is 15.7. The molecular formula is C22H23BrN4O2S. The van der Waals surface area contributed by atoms with E-state index in [4.69, 9.17) is 4.74 Å². The van der Waals surface area contributed by atoms with E-state index in [1.54, 1.807) is 7.11 Å². The van der Waals surface area contributed by atoms with Crippen LogP contribution in [-0.2, 0) is 4.79 Å². The summed E-state index contributed by atoms with van der Waals surface area (Å²) >= 11 is 5.04. The largest absolute Gasteiger partial charge is 0.497 e. The van der Waals surface area contributed by atoms with Gasteiger partial charge in [0.2, 0.25) is 5.91 Å². The third kappa shape index (κ3) is 4.54. The number of nitrogens with zero attached hydrogens (tertiary/aromatic N) is 4. The van der Waals surface area contributed by atoms with Crippen LogP contribution in [0.25, 0.3) is 17.1 Å². The van der Waals surface area contributed by atoms with Crippen molar-refractivity contribution in [2.24, 2.45) is 0 Å². The van der Waals surface area contributed by atoms with Gasteiger partial charge in [-0.25, -0.2) is 0 Å². The van der Waals surface area contributed by atoms with E-state index in [-0.39, 0.29) is 5.91 Å². The van der Waals surface area contributed by atoms with Crippen molar-refractivity contribution in [1.82, 2.24) is 19.7 Å². The third-order valence-corrected chi connectivity index (χ3v) is 6.72. The van der Waals surface area contributed by atoms with Crippen LogP contribution < -0.4 is 4.74 Å². The maximum Gasteiger partial charge on any atom is 0.233 e. The highest BCUT2D eigenvalue weighted by molar-refractivity contribution is 9.10. The topological polar surface area (TPSA) is 60.2 Å². The fraction of sp³-hybridized carbons (Fsp3) is 0.318. The van der Waals surface area contributed by atoms with Gasteiger partial charge in [0.05, 0.1) is 12.9 Å². The SMILES string of the molecule is COc1ccc(-n2c(SCC(=O)N3CCCCC3)nnc2-c2ccccc2Br)cc1. The molecule has 1 saturated heterocycles. The summed E-state index contributed by atoms with van der Waals surface area (Å²) in [4.78, 5) is 14.6. The molecule has 0 saturated carbocycles. The lowest BCUT2D eigenvalue weighted by molar-refractivity contribution is -0.129. The van der Waals surface area contributed by atoms with Gasteiger partial charge in [-0.2, -0.15) is 0 Å². The van der Waals surface area contributed by atoms with E-state index in [1.807, 2.05) is 58.0 Å². The normalized spacial score (nSPS) is 14.0. The van der Waals surface area contributed by atoms with E-state index >= 15 is 0 Å². The number of carbonyl (C=O) groups excluding carboxylic acids is 1. The fourth-order valence-corrected chi connectivity index (χ4v) is 4.82. The Morgan fingerprint density at radius 2 is 1.80 bits per heavy atom. The molecule has 3 aromatic rings. The van der Waals surface area contributed by atoms with E-state index in [2.05, 4.69) is 26.1 Å². The number of halogens is 1. The first kappa shape index (κ1) is 20.9. The minimum Gasteiger partial charge on any atom is -0.497 e. The lowest BCUT2D eigenvalue weighted by Gasteiger charge is -2.26. The summed E-state index contributed by atoms with van der Waals surface area (Å²) in [6.45, 7) is 1.71. The van der Waals surface area contributed by atoms with Crippen molar-refractivity contribution in [2.45, 2.75) is 24.4 Å². The lowest BCUT2D eigenvalue weighted by Crippen LogP contribution is -2.36. The molecule has 0 radical (unpaired) electrons. The molecule has 8 heteroatoms. The Morgan fingerprint density at radius 3 is 2.50 bits per heavy atom. The standard InChI is InChI=1S/C22H23BrN4O2S/c1-29-17-11-9-16(10-12-17)27-21(18-7-3-4-8-19(18)23)24-25-22(27)30-15-20(28)26-13-5-2-6-14-26/h3-4,7-12H,2,5-6,13-15H2,1H3. The van der Waals surface area contributed by atoms with Gasteiger partial charge < -0.3 is 9.64 Å². The van der Waals surface area contributed by atoms with Crippen molar-refractivity contribution < 1.29 is 9.53 Å². The Kier molecular flexibility index (Phi) is 6.74. The Labute approximate surface area is 188 Å². The summed E-state index contributed by atoms with van der Waals surface area (Å²) in [6.07, 6.45) is 3.38. The highest BCUT2D eigenvalue weighted by Gasteiger charge is 2.21. The molecule has 1 aliphatic heterocycles. The first-order chi connectivity index (χ1) is 14.7. The van der Waals surface area contributed by atoms with Crippen LogP contribution in [0.1, 0.15) is 19.3 Å². The molecule has 156 valence electrons. The second kappa shape index (κ2) is 9.66. The Morgan fingerprint density at radius 1 is 1.07 bits per heavy atom. The molecule has 1 aliphatic rings. The lowest BCUT2D eigenvalue weighted by atomic mass is 10.1. The summed E-state index contributed by atoms with van der Waals surface area (Å²) in [7, 11) is 1.65. The fourth-order valence-electron chi connectivity index (χ4n) is 3.51. The van der Waals surface area contributed by atoms with Crippen LogP contribution in [0.5, 0.6) is 5.75 Å². The predicted molar refractivity (Wildman–Crippen MR) is 122 cm³/mol. The molecule has 0 unspecified atom stereocenters. The molecule has 1 amide bonds. The first-order valence-corrected chi connectivity index (χ1v) is 11.7.